The van der Waals surface area contributed by atoms with Gasteiger partial charge in [-0.1, -0.05) is 11.6 Å². The molecule has 0 aromatic heterocycles. The number of nitrogens with two attached hydrogens (primary N) is 1. The zero-order valence-electron chi connectivity index (χ0n) is 20.4. The molecule has 1 amide bonds. The molecular formula is C24H29ClN2O8. The van der Waals surface area contributed by atoms with Crippen LogP contribution in [0.1, 0.15) is 47.1 Å². The smallest absolute Gasteiger partial charge is 0.412 e. The van der Waals surface area contributed by atoms with E-state index < -0.39 is 23.6 Å². The van der Waals surface area contributed by atoms with E-state index in [2.05, 4.69) is 5.32 Å². The molecule has 0 saturated carbocycles. The van der Waals surface area contributed by atoms with E-state index in [1.54, 1.807) is 20.8 Å². The lowest BCUT2D eigenvalue weighted by Crippen LogP contribution is -2.28. The fourth-order valence-electron chi connectivity index (χ4n) is 3.01. The number of esters is 2. The lowest BCUT2D eigenvalue weighted by atomic mass is 10.1. The number of hydrogen-bond acceptors (Lipinski definition) is 9. The Morgan fingerprint density at radius 3 is 2.14 bits per heavy atom. The van der Waals surface area contributed by atoms with E-state index in [-0.39, 0.29) is 41.3 Å². The van der Waals surface area contributed by atoms with Crippen molar-refractivity contribution < 1.29 is 38.1 Å². The summed E-state index contributed by atoms with van der Waals surface area (Å²) >= 11 is 6.41. The van der Waals surface area contributed by atoms with Gasteiger partial charge in [-0.25, -0.2) is 14.4 Å². The molecule has 0 spiro atoms. The molecule has 0 atom stereocenters. The van der Waals surface area contributed by atoms with Gasteiger partial charge in [0.2, 0.25) is 0 Å². The van der Waals surface area contributed by atoms with Crippen molar-refractivity contribution >= 4 is 41.0 Å². The van der Waals surface area contributed by atoms with Gasteiger partial charge in [0.1, 0.15) is 5.60 Å². The molecule has 0 radical (unpaired) electrons. The zero-order chi connectivity index (χ0) is 26.3. The van der Waals surface area contributed by atoms with Gasteiger partial charge >= 0.3 is 18.0 Å². The van der Waals surface area contributed by atoms with Gasteiger partial charge in [0, 0.05) is 23.6 Å². The van der Waals surface area contributed by atoms with Crippen LogP contribution < -0.4 is 20.5 Å². The fraction of sp³-hybridized carbons (Fsp3) is 0.375. The number of rotatable bonds is 8. The van der Waals surface area contributed by atoms with Crippen LogP contribution in [0.3, 0.4) is 0 Å². The fourth-order valence-corrected chi connectivity index (χ4v) is 3.27. The molecule has 0 saturated heterocycles. The minimum Gasteiger partial charge on any atom is -0.493 e. The van der Waals surface area contributed by atoms with E-state index in [1.807, 2.05) is 0 Å². The molecule has 0 fully saturated rings. The first-order valence-corrected chi connectivity index (χ1v) is 10.9. The first-order chi connectivity index (χ1) is 16.4. The van der Waals surface area contributed by atoms with E-state index >= 15 is 0 Å². The summed E-state index contributed by atoms with van der Waals surface area (Å²) in [7, 11) is 3.90. The number of halogens is 1. The highest BCUT2D eigenvalue weighted by molar-refractivity contribution is 6.32. The first-order valence-electron chi connectivity index (χ1n) is 10.5. The number of hydrogen-bond donors (Lipinski definition) is 2. The third kappa shape index (κ3) is 7.41. The predicted octanol–water partition coefficient (Wildman–Crippen LogP) is 4.47. The Kier molecular flexibility index (Phi) is 9.18. The third-order valence-corrected chi connectivity index (χ3v) is 4.95. The summed E-state index contributed by atoms with van der Waals surface area (Å²) in [4.78, 5) is 36.4. The summed E-state index contributed by atoms with van der Waals surface area (Å²) in [6, 6.07) is 5.84. The Morgan fingerprint density at radius 2 is 1.57 bits per heavy atom. The van der Waals surface area contributed by atoms with Crippen molar-refractivity contribution in [1.29, 1.82) is 0 Å². The van der Waals surface area contributed by atoms with E-state index in [0.717, 1.165) is 0 Å². The second-order valence-electron chi connectivity index (χ2n) is 8.29. The van der Waals surface area contributed by atoms with Gasteiger partial charge in [0.25, 0.3) is 0 Å². The largest absolute Gasteiger partial charge is 0.493 e. The SMILES string of the molecule is COC(=O)c1cc(OC)c(OCCc2cc(C(=O)OC)c(NC(=O)OC(C)(C)C)cc2Cl)cc1N. The van der Waals surface area contributed by atoms with Crippen LogP contribution in [0.5, 0.6) is 11.5 Å². The standard InChI is InChI=1S/C24H29ClN2O8/c1-24(2,3)35-23(30)27-18-11-16(25)13(9-15(18)22(29)33-6)7-8-34-20-12-17(26)14(21(28)32-5)10-19(20)31-4/h9-12H,7-8,26H2,1-6H3,(H,27,30). The van der Waals surface area contributed by atoms with E-state index in [0.29, 0.717) is 16.3 Å². The second kappa shape index (κ2) is 11.7. The Hall–Kier alpha value is -3.66. The molecule has 0 aliphatic heterocycles. The molecule has 0 unspecified atom stereocenters. The highest BCUT2D eigenvalue weighted by atomic mass is 35.5. The maximum Gasteiger partial charge on any atom is 0.412 e. The Morgan fingerprint density at radius 1 is 0.943 bits per heavy atom. The Bertz CT molecular complexity index is 1110. The quantitative estimate of drug-likeness (QED) is 0.300. The van der Waals surface area contributed by atoms with Crippen LogP contribution in [0.15, 0.2) is 24.3 Å². The monoisotopic (exact) mass is 508 g/mol. The Balaban J connectivity index is 2.23. The van der Waals surface area contributed by atoms with Gasteiger partial charge in [0.05, 0.1) is 50.4 Å². The minimum absolute atomic E-state index is 0.0991. The van der Waals surface area contributed by atoms with Crippen LogP contribution in [-0.4, -0.2) is 51.6 Å². The van der Waals surface area contributed by atoms with Crippen molar-refractivity contribution in [1.82, 2.24) is 0 Å². The van der Waals surface area contributed by atoms with Gasteiger partial charge < -0.3 is 29.4 Å². The van der Waals surface area contributed by atoms with Crippen LogP contribution in [0.4, 0.5) is 16.2 Å². The van der Waals surface area contributed by atoms with Crippen molar-refractivity contribution in [3.05, 3.63) is 46.0 Å². The molecule has 0 bridgehead atoms. The van der Waals surface area contributed by atoms with Crippen molar-refractivity contribution in [2.45, 2.75) is 32.8 Å². The molecule has 11 heteroatoms. The molecular weight excluding hydrogens is 480 g/mol. The molecule has 2 aromatic rings. The molecule has 0 heterocycles. The molecule has 2 rings (SSSR count). The number of amides is 1. The molecule has 0 aliphatic rings. The topological polar surface area (TPSA) is 135 Å². The molecule has 2 aromatic carbocycles. The highest BCUT2D eigenvalue weighted by Crippen LogP contribution is 2.33. The van der Waals surface area contributed by atoms with Gasteiger partial charge in [-0.3, -0.25) is 5.32 Å². The number of anilines is 2. The van der Waals surface area contributed by atoms with Crippen LogP contribution in [0.2, 0.25) is 5.02 Å². The Labute approximate surface area is 208 Å². The number of methoxy groups -OCH3 is 3. The van der Waals surface area contributed by atoms with Crippen molar-refractivity contribution in [3.8, 4) is 11.5 Å². The zero-order valence-corrected chi connectivity index (χ0v) is 21.2. The highest BCUT2D eigenvalue weighted by Gasteiger charge is 2.21. The third-order valence-electron chi connectivity index (χ3n) is 4.60. The lowest BCUT2D eigenvalue weighted by Gasteiger charge is -2.20. The number of nitrogens with one attached hydrogen (secondary N) is 1. The number of carbonyl (C=O) groups excluding carboxylic acids is 3. The van der Waals surface area contributed by atoms with Crippen LogP contribution >= 0.6 is 11.6 Å². The summed E-state index contributed by atoms with van der Waals surface area (Å²) in [5.74, 6) is -0.666. The van der Waals surface area contributed by atoms with Crippen LogP contribution in [0.25, 0.3) is 0 Å². The van der Waals surface area contributed by atoms with E-state index in [4.69, 9.17) is 41.0 Å². The van der Waals surface area contributed by atoms with Gasteiger partial charge in [0.15, 0.2) is 11.5 Å². The maximum atomic E-state index is 12.3. The second-order valence-corrected chi connectivity index (χ2v) is 8.70. The van der Waals surface area contributed by atoms with Crippen LogP contribution in [0, 0.1) is 0 Å². The van der Waals surface area contributed by atoms with Crippen molar-refractivity contribution in [2.75, 3.05) is 39.0 Å². The van der Waals surface area contributed by atoms with E-state index in [9.17, 15) is 14.4 Å². The number of ether oxygens (including phenoxy) is 5. The number of nitrogen functional groups attached to an aromatic ring is 1. The summed E-state index contributed by atoms with van der Waals surface area (Å²) in [5.41, 5.74) is 6.34. The lowest BCUT2D eigenvalue weighted by molar-refractivity contribution is 0.0591. The van der Waals surface area contributed by atoms with Crippen molar-refractivity contribution in [2.24, 2.45) is 0 Å². The summed E-state index contributed by atoms with van der Waals surface area (Å²) in [6.45, 7) is 5.28. The predicted molar refractivity (Wildman–Crippen MR) is 131 cm³/mol. The summed E-state index contributed by atoms with van der Waals surface area (Å²) < 4.78 is 25.9. The molecule has 35 heavy (non-hydrogen) atoms. The molecule has 0 aliphatic carbocycles. The molecule has 10 nitrogen and oxygen atoms in total. The van der Waals surface area contributed by atoms with Crippen molar-refractivity contribution in [3.63, 3.8) is 0 Å². The average Bonchev–Trinajstić information content (AvgIpc) is 2.78. The summed E-state index contributed by atoms with van der Waals surface area (Å²) in [6.07, 6.45) is -0.452. The van der Waals surface area contributed by atoms with Gasteiger partial charge in [-0.2, -0.15) is 0 Å². The average molecular weight is 509 g/mol. The van der Waals surface area contributed by atoms with Gasteiger partial charge in [-0.15, -0.1) is 0 Å². The van der Waals surface area contributed by atoms with Crippen LogP contribution in [-0.2, 0) is 20.6 Å². The minimum atomic E-state index is -0.741. The normalized spacial score (nSPS) is 10.8. The maximum absolute atomic E-state index is 12.3. The number of benzene rings is 2. The first kappa shape index (κ1) is 27.6. The summed E-state index contributed by atoms with van der Waals surface area (Å²) in [5, 5.41) is 2.82. The van der Waals surface area contributed by atoms with Gasteiger partial charge in [-0.05, 0) is 38.5 Å². The molecule has 190 valence electrons. The number of carbonyl (C=O) groups is 3. The molecule has 3 N–H and O–H groups in total. The van der Waals surface area contributed by atoms with E-state index in [1.165, 1.54) is 45.6 Å².